The van der Waals surface area contributed by atoms with E-state index in [2.05, 4.69) is 9.88 Å². The van der Waals surface area contributed by atoms with Crippen molar-refractivity contribution >= 4 is 28.2 Å². The van der Waals surface area contributed by atoms with Gasteiger partial charge < -0.3 is 20.3 Å². The number of carbonyl (C=O) groups excluding carboxylic acids is 1. The lowest BCUT2D eigenvalue weighted by Gasteiger charge is -2.43. The molecule has 1 amide bonds. The standard InChI is InChI=1S/C21H28N4O2/c1-21(2,3)27-20(26)24-9-4-5-16(13-24)25-10-8-15-12-23-11-14-6-7-17(22)19(25)18(14)15/h6-7,11-12,16H,4-5,8-10,13,22H2,1-3H3. The number of hydrogen-bond donors (Lipinski definition) is 1. The Kier molecular flexibility index (Phi) is 4.36. The first-order chi connectivity index (χ1) is 12.8. The van der Waals surface area contributed by atoms with Crippen LogP contribution >= 0.6 is 0 Å². The predicted octanol–water partition coefficient (Wildman–Crippen LogP) is 3.58. The van der Waals surface area contributed by atoms with Crippen LogP contribution in [0.3, 0.4) is 0 Å². The number of carbonyl (C=O) groups is 1. The quantitative estimate of drug-likeness (QED) is 0.779. The number of anilines is 2. The van der Waals surface area contributed by atoms with Crippen LogP contribution in [0, 0.1) is 0 Å². The molecule has 0 aliphatic carbocycles. The summed E-state index contributed by atoms with van der Waals surface area (Å²) in [5, 5.41) is 2.34. The fourth-order valence-corrected chi connectivity index (χ4v) is 4.26. The van der Waals surface area contributed by atoms with E-state index in [9.17, 15) is 4.79 Å². The van der Waals surface area contributed by atoms with Crippen LogP contribution in [-0.4, -0.2) is 47.3 Å². The summed E-state index contributed by atoms with van der Waals surface area (Å²) in [6.45, 7) is 8.04. The van der Waals surface area contributed by atoms with E-state index < -0.39 is 5.60 Å². The first-order valence-corrected chi connectivity index (χ1v) is 9.73. The molecule has 2 N–H and O–H groups in total. The number of nitrogen functional groups attached to an aromatic ring is 1. The second-order valence-electron chi connectivity index (χ2n) is 8.57. The Hall–Kier alpha value is -2.50. The molecular formula is C21H28N4O2. The number of aromatic nitrogens is 1. The van der Waals surface area contributed by atoms with Gasteiger partial charge in [-0.3, -0.25) is 4.98 Å². The smallest absolute Gasteiger partial charge is 0.410 e. The zero-order valence-electron chi connectivity index (χ0n) is 16.4. The summed E-state index contributed by atoms with van der Waals surface area (Å²) < 4.78 is 5.59. The van der Waals surface area contributed by atoms with Crippen molar-refractivity contribution in [3.63, 3.8) is 0 Å². The van der Waals surface area contributed by atoms with Gasteiger partial charge in [-0.15, -0.1) is 0 Å². The van der Waals surface area contributed by atoms with Crippen molar-refractivity contribution in [2.75, 3.05) is 30.3 Å². The maximum Gasteiger partial charge on any atom is 0.410 e. The summed E-state index contributed by atoms with van der Waals surface area (Å²) >= 11 is 0. The second-order valence-corrected chi connectivity index (χ2v) is 8.57. The molecule has 1 saturated heterocycles. The second kappa shape index (κ2) is 6.59. The molecule has 0 radical (unpaired) electrons. The molecule has 0 spiro atoms. The van der Waals surface area contributed by atoms with Crippen molar-refractivity contribution in [1.29, 1.82) is 0 Å². The van der Waals surface area contributed by atoms with Gasteiger partial charge in [0.2, 0.25) is 0 Å². The number of ether oxygens (including phenoxy) is 1. The van der Waals surface area contributed by atoms with Gasteiger partial charge in [-0.05, 0) is 51.7 Å². The van der Waals surface area contributed by atoms with Gasteiger partial charge in [-0.2, -0.15) is 0 Å². The van der Waals surface area contributed by atoms with E-state index in [4.69, 9.17) is 10.5 Å². The van der Waals surface area contributed by atoms with Gasteiger partial charge in [-0.1, -0.05) is 6.07 Å². The van der Waals surface area contributed by atoms with E-state index in [1.54, 1.807) is 0 Å². The molecule has 1 aromatic heterocycles. The number of pyridine rings is 1. The molecule has 1 unspecified atom stereocenters. The summed E-state index contributed by atoms with van der Waals surface area (Å²) in [6.07, 6.45) is 6.61. The summed E-state index contributed by atoms with van der Waals surface area (Å²) in [5.41, 5.74) is 9.09. The van der Waals surface area contributed by atoms with Crippen LogP contribution in [0.1, 0.15) is 39.2 Å². The SMILES string of the molecule is CC(C)(C)OC(=O)N1CCCC(N2CCc3cncc4ccc(N)c2c34)C1. The van der Waals surface area contributed by atoms with Crippen LogP contribution in [0.4, 0.5) is 16.2 Å². The minimum atomic E-state index is -0.475. The first kappa shape index (κ1) is 17.9. The number of amides is 1. The van der Waals surface area contributed by atoms with Crippen LogP contribution in [0.5, 0.6) is 0 Å². The molecule has 2 aromatic rings. The number of benzene rings is 1. The Balaban J connectivity index is 1.63. The number of piperidine rings is 1. The van der Waals surface area contributed by atoms with Crippen LogP contribution < -0.4 is 10.6 Å². The zero-order chi connectivity index (χ0) is 19.2. The van der Waals surface area contributed by atoms with Crippen molar-refractivity contribution in [1.82, 2.24) is 9.88 Å². The third-order valence-electron chi connectivity index (χ3n) is 5.40. The highest BCUT2D eigenvalue weighted by Gasteiger charge is 2.33. The molecule has 2 aliphatic rings. The molecule has 1 fully saturated rings. The lowest BCUT2D eigenvalue weighted by Crippen LogP contribution is -2.52. The molecule has 6 nitrogen and oxygen atoms in total. The van der Waals surface area contributed by atoms with E-state index in [0.717, 1.165) is 49.1 Å². The number of rotatable bonds is 1. The van der Waals surface area contributed by atoms with Gasteiger partial charge in [0.05, 0.1) is 11.4 Å². The lowest BCUT2D eigenvalue weighted by atomic mass is 9.94. The molecule has 2 aliphatic heterocycles. The van der Waals surface area contributed by atoms with E-state index >= 15 is 0 Å². The van der Waals surface area contributed by atoms with Crippen LogP contribution in [0.25, 0.3) is 10.8 Å². The Labute approximate surface area is 160 Å². The third-order valence-corrected chi connectivity index (χ3v) is 5.40. The fourth-order valence-electron chi connectivity index (χ4n) is 4.26. The van der Waals surface area contributed by atoms with Crippen LogP contribution in [-0.2, 0) is 11.2 Å². The number of likely N-dealkylation sites (tertiary alicyclic amines) is 1. The van der Waals surface area contributed by atoms with E-state index in [-0.39, 0.29) is 12.1 Å². The first-order valence-electron chi connectivity index (χ1n) is 9.73. The maximum atomic E-state index is 12.6. The highest BCUT2D eigenvalue weighted by atomic mass is 16.6. The van der Waals surface area contributed by atoms with Gasteiger partial charge in [0.1, 0.15) is 5.60 Å². The van der Waals surface area contributed by atoms with Crippen molar-refractivity contribution < 1.29 is 9.53 Å². The van der Waals surface area contributed by atoms with Crippen molar-refractivity contribution in [2.45, 2.75) is 51.7 Å². The van der Waals surface area contributed by atoms with Gasteiger partial charge in [0, 0.05) is 48.8 Å². The van der Waals surface area contributed by atoms with Crippen molar-refractivity contribution in [2.24, 2.45) is 0 Å². The minimum Gasteiger partial charge on any atom is -0.444 e. The van der Waals surface area contributed by atoms with Gasteiger partial charge >= 0.3 is 6.09 Å². The zero-order valence-corrected chi connectivity index (χ0v) is 16.4. The maximum absolute atomic E-state index is 12.6. The Morgan fingerprint density at radius 2 is 2.07 bits per heavy atom. The highest BCUT2D eigenvalue weighted by molar-refractivity contribution is 6.02. The lowest BCUT2D eigenvalue weighted by molar-refractivity contribution is 0.0198. The number of nitrogens with zero attached hydrogens (tertiary/aromatic N) is 3. The van der Waals surface area contributed by atoms with E-state index in [1.807, 2.05) is 50.2 Å². The number of nitrogens with two attached hydrogens (primary N) is 1. The molecule has 1 aromatic carbocycles. The Bertz CT molecular complexity index is 874. The summed E-state index contributed by atoms with van der Waals surface area (Å²) in [7, 11) is 0. The predicted molar refractivity (Wildman–Crippen MR) is 108 cm³/mol. The van der Waals surface area contributed by atoms with Crippen LogP contribution in [0.15, 0.2) is 24.5 Å². The molecule has 0 bridgehead atoms. The summed E-state index contributed by atoms with van der Waals surface area (Å²) in [5.74, 6) is 0. The fraction of sp³-hybridized carbons (Fsp3) is 0.524. The van der Waals surface area contributed by atoms with Crippen molar-refractivity contribution in [3.05, 3.63) is 30.1 Å². The molecule has 1 atom stereocenters. The Morgan fingerprint density at radius 3 is 2.85 bits per heavy atom. The van der Waals surface area contributed by atoms with Gasteiger partial charge in [0.25, 0.3) is 0 Å². The Morgan fingerprint density at radius 1 is 1.26 bits per heavy atom. The molecule has 3 heterocycles. The monoisotopic (exact) mass is 368 g/mol. The summed E-state index contributed by atoms with van der Waals surface area (Å²) in [6, 6.07) is 4.26. The minimum absolute atomic E-state index is 0.222. The van der Waals surface area contributed by atoms with Gasteiger partial charge in [0.15, 0.2) is 0 Å². The van der Waals surface area contributed by atoms with Gasteiger partial charge in [-0.25, -0.2) is 4.79 Å². The third kappa shape index (κ3) is 3.40. The van der Waals surface area contributed by atoms with Crippen LogP contribution in [0.2, 0.25) is 0 Å². The molecule has 0 saturated carbocycles. The molecule has 6 heteroatoms. The average Bonchev–Trinajstić information content (AvgIpc) is 2.63. The molecule has 27 heavy (non-hydrogen) atoms. The molecule has 4 rings (SSSR count). The van der Waals surface area contributed by atoms with E-state index in [1.165, 1.54) is 10.9 Å². The average molecular weight is 368 g/mol. The molecule has 144 valence electrons. The summed E-state index contributed by atoms with van der Waals surface area (Å²) in [4.78, 5) is 21.2. The molecular weight excluding hydrogens is 340 g/mol. The van der Waals surface area contributed by atoms with E-state index in [0.29, 0.717) is 6.54 Å². The van der Waals surface area contributed by atoms with Crippen molar-refractivity contribution in [3.8, 4) is 0 Å². The highest BCUT2D eigenvalue weighted by Crippen LogP contribution is 2.40. The topological polar surface area (TPSA) is 71.7 Å². The largest absolute Gasteiger partial charge is 0.444 e. The number of hydrogen-bond acceptors (Lipinski definition) is 5. The normalized spacial score (nSPS) is 20.0.